The fraction of sp³-hybridized carbons (Fsp3) is 0.478. The van der Waals surface area contributed by atoms with Gasteiger partial charge in [0.1, 0.15) is 10.5 Å². The molecule has 2 aromatic rings. The summed E-state index contributed by atoms with van der Waals surface area (Å²) < 4.78 is 35.5. The van der Waals surface area contributed by atoms with E-state index >= 15 is 0 Å². The minimum absolute atomic E-state index is 0.0327. The van der Waals surface area contributed by atoms with Crippen molar-refractivity contribution in [3.05, 3.63) is 41.2 Å². The molecule has 0 bridgehead atoms. The molecular formula is C23H31N3O5S2. The highest BCUT2D eigenvalue weighted by molar-refractivity contribution is 7.98. The van der Waals surface area contributed by atoms with Gasteiger partial charge in [0, 0.05) is 42.1 Å². The monoisotopic (exact) mass is 493 g/mol. The number of carbonyl (C=O) groups is 2. The Balaban J connectivity index is 1.87. The number of benzene rings is 1. The number of nitrogens with one attached hydrogen (secondary N) is 1. The van der Waals surface area contributed by atoms with Crippen LogP contribution in [0.2, 0.25) is 0 Å². The van der Waals surface area contributed by atoms with Gasteiger partial charge in [0.05, 0.1) is 12.5 Å². The van der Waals surface area contributed by atoms with Crippen LogP contribution < -0.4 is 5.32 Å². The van der Waals surface area contributed by atoms with E-state index in [9.17, 15) is 18.0 Å². The van der Waals surface area contributed by atoms with Gasteiger partial charge in [-0.25, -0.2) is 13.2 Å². The van der Waals surface area contributed by atoms with Gasteiger partial charge in [0.25, 0.3) is 0 Å². The highest BCUT2D eigenvalue weighted by Crippen LogP contribution is 2.32. The van der Waals surface area contributed by atoms with Crippen molar-refractivity contribution < 1.29 is 22.7 Å². The van der Waals surface area contributed by atoms with Gasteiger partial charge in [0.2, 0.25) is 15.9 Å². The molecule has 0 saturated carbocycles. The first-order valence-electron chi connectivity index (χ1n) is 10.9. The molecule has 1 aromatic carbocycles. The maximum absolute atomic E-state index is 13.7. The second-order valence-corrected chi connectivity index (χ2v) is 10.8. The number of piperidine rings is 1. The summed E-state index contributed by atoms with van der Waals surface area (Å²) >= 11 is 1.58. The van der Waals surface area contributed by atoms with Gasteiger partial charge in [-0.3, -0.25) is 4.79 Å². The van der Waals surface area contributed by atoms with Crippen LogP contribution in [0.5, 0.6) is 0 Å². The van der Waals surface area contributed by atoms with Crippen LogP contribution in [0.1, 0.15) is 41.5 Å². The number of nitrogens with zero attached hydrogens (tertiary/aromatic N) is 2. The summed E-state index contributed by atoms with van der Waals surface area (Å²) in [6.07, 6.45) is 3.11. The highest BCUT2D eigenvalue weighted by Gasteiger charge is 2.39. The van der Waals surface area contributed by atoms with Gasteiger partial charge in [0.15, 0.2) is 0 Å². The lowest BCUT2D eigenvalue weighted by Gasteiger charge is -2.31. The first-order valence-corrected chi connectivity index (χ1v) is 13.6. The van der Waals surface area contributed by atoms with Crippen molar-refractivity contribution in [1.82, 2.24) is 8.87 Å². The van der Waals surface area contributed by atoms with E-state index < -0.39 is 21.9 Å². The molecule has 1 aliphatic rings. The zero-order chi connectivity index (χ0) is 24.3. The van der Waals surface area contributed by atoms with E-state index in [0.29, 0.717) is 36.5 Å². The Morgan fingerprint density at radius 3 is 2.64 bits per heavy atom. The Morgan fingerprint density at radius 1 is 1.24 bits per heavy atom. The predicted octanol–water partition coefficient (Wildman–Crippen LogP) is 3.58. The zero-order valence-corrected chi connectivity index (χ0v) is 21.3. The molecule has 1 saturated heterocycles. The van der Waals surface area contributed by atoms with Crippen molar-refractivity contribution in [2.45, 2.75) is 43.4 Å². The Morgan fingerprint density at radius 2 is 1.97 bits per heavy atom. The van der Waals surface area contributed by atoms with Crippen molar-refractivity contribution in [3.8, 4) is 0 Å². The third-order valence-electron chi connectivity index (χ3n) is 6.09. The summed E-state index contributed by atoms with van der Waals surface area (Å²) in [5.74, 6) is -1.35. The molecule has 180 valence electrons. The lowest BCUT2D eigenvalue weighted by Crippen LogP contribution is -2.44. The Labute approximate surface area is 199 Å². The second-order valence-electron chi connectivity index (χ2n) is 8.08. The van der Waals surface area contributed by atoms with Crippen molar-refractivity contribution in [1.29, 1.82) is 0 Å². The summed E-state index contributed by atoms with van der Waals surface area (Å²) in [4.78, 5) is 26.6. The van der Waals surface area contributed by atoms with Crippen LogP contribution in [0.15, 0.2) is 34.1 Å². The molecule has 10 heteroatoms. The van der Waals surface area contributed by atoms with Crippen LogP contribution in [-0.4, -0.2) is 55.1 Å². The summed E-state index contributed by atoms with van der Waals surface area (Å²) in [7, 11) is -2.29. The summed E-state index contributed by atoms with van der Waals surface area (Å²) in [6.45, 7) is 5.56. The average molecular weight is 494 g/mol. The van der Waals surface area contributed by atoms with E-state index in [1.807, 2.05) is 30.5 Å². The largest absolute Gasteiger partial charge is 0.462 e. The topological polar surface area (TPSA) is 97.7 Å². The normalized spacial score (nSPS) is 17.1. The third-order valence-corrected chi connectivity index (χ3v) is 8.85. The molecule has 1 N–H and O–H groups in total. The maximum atomic E-state index is 13.7. The second kappa shape index (κ2) is 10.3. The fourth-order valence-corrected chi connectivity index (χ4v) is 6.59. The molecule has 3 rings (SSSR count). The lowest BCUT2D eigenvalue weighted by atomic mass is 9.99. The summed E-state index contributed by atoms with van der Waals surface area (Å²) in [6, 6.07) is 7.54. The first-order chi connectivity index (χ1) is 15.6. The van der Waals surface area contributed by atoms with E-state index in [2.05, 4.69) is 5.32 Å². The summed E-state index contributed by atoms with van der Waals surface area (Å²) in [5.41, 5.74) is 1.75. The van der Waals surface area contributed by atoms with E-state index in [4.69, 9.17) is 4.74 Å². The molecule has 1 fully saturated rings. The van der Waals surface area contributed by atoms with Crippen LogP contribution in [0.4, 0.5) is 5.69 Å². The number of hydrogen-bond donors (Lipinski definition) is 1. The molecule has 2 heterocycles. The Bertz CT molecular complexity index is 1160. The van der Waals surface area contributed by atoms with Gasteiger partial charge in [-0.1, -0.05) is 6.07 Å². The van der Waals surface area contributed by atoms with Crippen LogP contribution >= 0.6 is 11.8 Å². The smallest absolute Gasteiger partial charge is 0.341 e. The Hall–Kier alpha value is -2.30. The molecule has 33 heavy (non-hydrogen) atoms. The molecule has 1 aromatic heterocycles. The van der Waals surface area contributed by atoms with Crippen LogP contribution in [-0.2, 0) is 26.6 Å². The quantitative estimate of drug-likeness (QED) is 0.468. The number of aromatic nitrogens is 1. The first kappa shape index (κ1) is 25.3. The molecule has 1 unspecified atom stereocenters. The number of hydrogen-bond acceptors (Lipinski definition) is 6. The number of ether oxygens (including phenoxy) is 1. The van der Waals surface area contributed by atoms with Crippen molar-refractivity contribution in [2.24, 2.45) is 13.0 Å². The van der Waals surface area contributed by atoms with Gasteiger partial charge in [-0.2, -0.15) is 4.31 Å². The predicted molar refractivity (Wildman–Crippen MR) is 129 cm³/mol. The minimum Gasteiger partial charge on any atom is -0.462 e. The van der Waals surface area contributed by atoms with Crippen molar-refractivity contribution in [2.75, 3.05) is 31.3 Å². The number of sulfonamides is 1. The SMILES string of the molecule is CCOC(=O)c1c(S(=O)(=O)N2CCCC(C(=O)Nc3cccc(SC)c3)C2)c(C)n(C)c1C. The molecule has 1 amide bonds. The average Bonchev–Trinajstić information content (AvgIpc) is 3.04. The van der Waals surface area contributed by atoms with Gasteiger partial charge < -0.3 is 14.6 Å². The molecule has 8 nitrogen and oxygen atoms in total. The van der Waals surface area contributed by atoms with Crippen molar-refractivity contribution in [3.63, 3.8) is 0 Å². The third kappa shape index (κ3) is 5.12. The molecule has 1 atom stereocenters. The highest BCUT2D eigenvalue weighted by atomic mass is 32.2. The van der Waals surface area contributed by atoms with Gasteiger partial charge in [-0.15, -0.1) is 11.8 Å². The van der Waals surface area contributed by atoms with Crippen LogP contribution in [0, 0.1) is 19.8 Å². The van der Waals surface area contributed by atoms with Gasteiger partial charge in [-0.05, 0) is 58.1 Å². The Kier molecular flexibility index (Phi) is 7.92. The molecule has 1 aliphatic heterocycles. The van der Waals surface area contributed by atoms with E-state index in [-0.39, 0.29) is 29.5 Å². The van der Waals surface area contributed by atoms with Crippen LogP contribution in [0.25, 0.3) is 0 Å². The summed E-state index contributed by atoms with van der Waals surface area (Å²) in [5, 5.41) is 2.92. The number of thioether (sulfide) groups is 1. The molecule has 0 spiro atoms. The number of carbonyl (C=O) groups excluding carboxylic acids is 2. The maximum Gasteiger partial charge on any atom is 0.341 e. The number of esters is 1. The van der Waals surface area contributed by atoms with E-state index in [0.717, 1.165) is 4.90 Å². The molecule has 0 aliphatic carbocycles. The lowest BCUT2D eigenvalue weighted by molar-refractivity contribution is -0.120. The standard InChI is InChI=1S/C23H31N3O5S2/c1-6-31-23(28)20-15(2)25(4)16(3)21(20)33(29,30)26-12-8-9-17(14-26)22(27)24-18-10-7-11-19(13-18)32-5/h7,10-11,13,17H,6,8-9,12,14H2,1-5H3,(H,24,27). The van der Waals surface area contributed by atoms with E-state index in [1.165, 1.54) is 4.31 Å². The van der Waals surface area contributed by atoms with Gasteiger partial charge >= 0.3 is 5.97 Å². The number of rotatable bonds is 7. The fourth-order valence-electron chi connectivity index (χ4n) is 4.13. The molecule has 0 radical (unpaired) electrons. The minimum atomic E-state index is -4.01. The van der Waals surface area contributed by atoms with Crippen LogP contribution in [0.3, 0.4) is 0 Å². The molecular weight excluding hydrogens is 462 g/mol. The zero-order valence-electron chi connectivity index (χ0n) is 19.7. The number of amides is 1. The number of anilines is 1. The van der Waals surface area contributed by atoms with E-state index in [1.54, 1.807) is 44.1 Å². The van der Waals surface area contributed by atoms with Crippen molar-refractivity contribution >= 4 is 39.3 Å².